The third kappa shape index (κ3) is 5.96. The second-order valence-corrected chi connectivity index (χ2v) is 9.58. The van der Waals surface area contributed by atoms with Crippen LogP contribution < -0.4 is 0 Å². The molecule has 0 aliphatic carbocycles. The molecule has 134 valence electrons. The van der Waals surface area contributed by atoms with Crippen molar-refractivity contribution in [3.8, 4) is 6.07 Å². The number of ether oxygens (including phenoxy) is 1. The van der Waals surface area contributed by atoms with Crippen molar-refractivity contribution in [2.45, 2.75) is 79.7 Å². The Bertz CT molecular complexity index is 396. The van der Waals surface area contributed by atoms with E-state index in [2.05, 4.69) is 70.8 Å². The van der Waals surface area contributed by atoms with E-state index in [1.54, 1.807) is 0 Å². The van der Waals surface area contributed by atoms with E-state index in [0.29, 0.717) is 25.2 Å². The van der Waals surface area contributed by atoms with Gasteiger partial charge in [-0.25, -0.2) is 9.34 Å². The van der Waals surface area contributed by atoms with Gasteiger partial charge in [0, 0.05) is 25.2 Å². The molecule has 0 N–H and O–H groups in total. The first-order valence-corrected chi connectivity index (χ1v) is 9.75. The van der Waals surface area contributed by atoms with Gasteiger partial charge in [0.25, 0.3) is 0 Å². The lowest BCUT2D eigenvalue weighted by molar-refractivity contribution is 0.0162. The number of nitrogens with zero attached hydrogens (tertiary/aromatic N) is 3. The van der Waals surface area contributed by atoms with E-state index < -0.39 is 8.45 Å². The molecule has 0 spiro atoms. The van der Waals surface area contributed by atoms with Gasteiger partial charge in [-0.1, -0.05) is 20.8 Å². The molecule has 0 aromatic carbocycles. The first-order chi connectivity index (χ1) is 10.6. The van der Waals surface area contributed by atoms with Crippen LogP contribution in [0.1, 0.15) is 55.4 Å². The molecule has 1 saturated heterocycles. The van der Waals surface area contributed by atoms with Gasteiger partial charge in [-0.2, -0.15) is 5.26 Å². The van der Waals surface area contributed by atoms with Crippen molar-refractivity contribution in [2.24, 2.45) is 5.41 Å². The molecule has 1 aliphatic rings. The smallest absolute Gasteiger partial charge is 0.188 e. The summed E-state index contributed by atoms with van der Waals surface area (Å²) >= 11 is 0. The highest BCUT2D eigenvalue weighted by Gasteiger charge is 2.37. The third-order valence-electron chi connectivity index (χ3n) is 4.16. The van der Waals surface area contributed by atoms with E-state index >= 15 is 0 Å². The molecule has 0 amide bonds. The van der Waals surface area contributed by atoms with Crippen molar-refractivity contribution in [1.29, 1.82) is 5.26 Å². The minimum Gasteiger partial charge on any atom is -0.361 e. The van der Waals surface area contributed by atoms with Gasteiger partial charge in [-0.05, 0) is 40.0 Å². The zero-order valence-corrected chi connectivity index (χ0v) is 16.9. The van der Waals surface area contributed by atoms with Crippen LogP contribution in [0.4, 0.5) is 0 Å². The van der Waals surface area contributed by atoms with Gasteiger partial charge in [0.2, 0.25) is 0 Å². The van der Waals surface area contributed by atoms with E-state index in [1.165, 1.54) is 0 Å². The summed E-state index contributed by atoms with van der Waals surface area (Å²) in [6.07, 6.45) is -0.222. The SMILES string of the molecule is CC(C)N(C(C)C)P(OC(C)C(C)(C)C)N1CCOC(C#N)C1. The van der Waals surface area contributed by atoms with Gasteiger partial charge in [-0.3, -0.25) is 0 Å². The second kappa shape index (κ2) is 8.74. The van der Waals surface area contributed by atoms with Crippen LogP contribution in [0.2, 0.25) is 0 Å². The van der Waals surface area contributed by atoms with Crippen molar-refractivity contribution >= 4 is 8.45 Å². The zero-order valence-electron chi connectivity index (χ0n) is 16.0. The fourth-order valence-electron chi connectivity index (χ4n) is 2.43. The Morgan fingerprint density at radius 2 is 1.78 bits per heavy atom. The molecule has 1 fully saturated rings. The Labute approximate surface area is 143 Å². The molecule has 0 aromatic rings. The fraction of sp³-hybridized carbons (Fsp3) is 0.941. The number of morpholine rings is 1. The molecule has 1 rings (SSSR count). The quantitative estimate of drug-likeness (QED) is 0.682. The van der Waals surface area contributed by atoms with E-state index in [1.807, 2.05) is 0 Å². The molecule has 1 aliphatic heterocycles. The topological polar surface area (TPSA) is 48.7 Å². The average molecular weight is 343 g/mol. The minimum absolute atomic E-state index is 0.0845. The van der Waals surface area contributed by atoms with Gasteiger partial charge < -0.3 is 9.26 Å². The van der Waals surface area contributed by atoms with Crippen molar-refractivity contribution in [3.05, 3.63) is 0 Å². The molecule has 0 bridgehead atoms. The molecular formula is C17H34N3O2P. The normalized spacial score (nSPS) is 23.3. The van der Waals surface area contributed by atoms with Crippen LogP contribution in [0.15, 0.2) is 0 Å². The molecule has 0 aromatic heterocycles. The first kappa shape index (κ1) is 20.8. The van der Waals surface area contributed by atoms with Gasteiger partial charge in [0.05, 0.1) is 18.8 Å². The second-order valence-electron chi connectivity index (χ2n) is 7.84. The molecule has 0 saturated carbocycles. The van der Waals surface area contributed by atoms with Gasteiger partial charge in [0.15, 0.2) is 14.6 Å². The Kier molecular flexibility index (Phi) is 7.90. The molecule has 1 heterocycles. The molecular weight excluding hydrogens is 309 g/mol. The summed E-state index contributed by atoms with van der Waals surface area (Å²) < 4.78 is 16.9. The predicted molar refractivity (Wildman–Crippen MR) is 96.0 cm³/mol. The summed E-state index contributed by atoms with van der Waals surface area (Å²) in [5, 5.41) is 9.21. The number of hydrogen-bond acceptors (Lipinski definition) is 5. The van der Waals surface area contributed by atoms with Gasteiger partial charge in [-0.15, -0.1) is 0 Å². The average Bonchev–Trinajstić information content (AvgIpc) is 2.44. The van der Waals surface area contributed by atoms with Crippen molar-refractivity contribution in [2.75, 3.05) is 19.7 Å². The van der Waals surface area contributed by atoms with Crippen LogP contribution in [0.25, 0.3) is 0 Å². The maximum Gasteiger partial charge on any atom is 0.188 e. The highest BCUT2D eigenvalue weighted by atomic mass is 31.2. The molecule has 5 nitrogen and oxygen atoms in total. The maximum absolute atomic E-state index is 9.21. The van der Waals surface area contributed by atoms with Crippen LogP contribution in [-0.4, -0.2) is 53.3 Å². The largest absolute Gasteiger partial charge is 0.361 e. The predicted octanol–water partition coefficient (Wildman–Crippen LogP) is 4.01. The lowest BCUT2D eigenvalue weighted by Crippen LogP contribution is -2.46. The summed E-state index contributed by atoms with van der Waals surface area (Å²) in [6, 6.07) is 3.01. The fourth-order valence-corrected chi connectivity index (χ4v) is 4.89. The Hall–Kier alpha value is -0.240. The molecule has 6 heteroatoms. The number of nitriles is 1. The highest BCUT2D eigenvalue weighted by molar-refractivity contribution is 7.47. The van der Waals surface area contributed by atoms with Gasteiger partial charge in [0.1, 0.15) is 0 Å². The summed E-state index contributed by atoms with van der Waals surface area (Å²) in [6.45, 7) is 19.6. The van der Waals surface area contributed by atoms with E-state index in [4.69, 9.17) is 9.26 Å². The Balaban J connectivity index is 3.02. The maximum atomic E-state index is 9.21. The molecule has 0 radical (unpaired) electrons. The standard InChI is InChI=1S/C17H34N3O2P/c1-13(2)20(14(3)4)23(22-15(5)17(6,7)8)19-9-10-21-16(11-18)12-19/h13-16H,9-10,12H2,1-8H3. The Morgan fingerprint density at radius 1 is 1.22 bits per heavy atom. The highest BCUT2D eigenvalue weighted by Crippen LogP contribution is 2.51. The third-order valence-corrected chi connectivity index (χ3v) is 6.83. The van der Waals surface area contributed by atoms with Crippen LogP contribution in [0.5, 0.6) is 0 Å². The first-order valence-electron chi connectivity index (χ1n) is 8.59. The van der Waals surface area contributed by atoms with Crippen LogP contribution in [0, 0.1) is 16.7 Å². The van der Waals surface area contributed by atoms with E-state index in [-0.39, 0.29) is 17.6 Å². The summed E-state index contributed by atoms with van der Waals surface area (Å²) in [5.41, 5.74) is 0.0845. The van der Waals surface area contributed by atoms with Crippen molar-refractivity contribution in [1.82, 2.24) is 9.34 Å². The van der Waals surface area contributed by atoms with Crippen molar-refractivity contribution < 1.29 is 9.26 Å². The molecule has 23 heavy (non-hydrogen) atoms. The van der Waals surface area contributed by atoms with Crippen LogP contribution >= 0.6 is 8.45 Å². The van der Waals surface area contributed by atoms with Crippen LogP contribution in [-0.2, 0) is 9.26 Å². The summed E-state index contributed by atoms with van der Waals surface area (Å²) in [7, 11) is -0.922. The summed E-state index contributed by atoms with van der Waals surface area (Å²) in [4.78, 5) is 0. The van der Waals surface area contributed by atoms with E-state index in [0.717, 1.165) is 6.54 Å². The van der Waals surface area contributed by atoms with E-state index in [9.17, 15) is 5.26 Å². The number of rotatable bonds is 6. The lowest BCUT2D eigenvalue weighted by atomic mass is 9.91. The van der Waals surface area contributed by atoms with Crippen molar-refractivity contribution in [3.63, 3.8) is 0 Å². The number of hydrogen-bond donors (Lipinski definition) is 0. The van der Waals surface area contributed by atoms with Gasteiger partial charge >= 0.3 is 0 Å². The minimum atomic E-state index is -0.922. The summed E-state index contributed by atoms with van der Waals surface area (Å²) in [5.74, 6) is 0. The Morgan fingerprint density at radius 3 is 2.22 bits per heavy atom. The zero-order chi connectivity index (χ0) is 17.8. The monoisotopic (exact) mass is 343 g/mol. The molecule has 3 unspecified atom stereocenters. The lowest BCUT2D eigenvalue weighted by Gasteiger charge is -2.46. The van der Waals surface area contributed by atoms with Crippen LogP contribution in [0.3, 0.4) is 0 Å². The molecule has 3 atom stereocenters.